The van der Waals surface area contributed by atoms with E-state index in [1.807, 2.05) is 24.3 Å². The SMILES string of the molecule is C=CCc1cc(CCC(=O)OCOC(=O)CCc2cc(CC=C)c(O)c(CC=C)c2)cc(CC=C)c1O. The Balaban J connectivity index is 1.84. The van der Waals surface area contributed by atoms with E-state index in [-0.39, 0.29) is 24.3 Å². The molecule has 0 amide bonds. The van der Waals surface area contributed by atoms with Crippen LogP contribution in [0.5, 0.6) is 11.5 Å². The van der Waals surface area contributed by atoms with Gasteiger partial charge in [0, 0.05) is 12.8 Å². The van der Waals surface area contributed by atoms with Crippen molar-refractivity contribution in [2.24, 2.45) is 0 Å². The lowest BCUT2D eigenvalue weighted by Gasteiger charge is -2.12. The monoisotopic (exact) mass is 504 g/mol. The van der Waals surface area contributed by atoms with Gasteiger partial charge in [0.1, 0.15) is 11.5 Å². The molecule has 0 aliphatic carbocycles. The molecule has 0 aliphatic rings. The number of hydrogen-bond acceptors (Lipinski definition) is 6. The molecule has 37 heavy (non-hydrogen) atoms. The fourth-order valence-electron chi connectivity index (χ4n) is 4.00. The van der Waals surface area contributed by atoms with Crippen molar-refractivity contribution in [1.82, 2.24) is 0 Å². The van der Waals surface area contributed by atoms with Gasteiger partial charge in [-0.25, -0.2) is 0 Å². The van der Waals surface area contributed by atoms with Crippen LogP contribution in [-0.4, -0.2) is 28.9 Å². The Kier molecular flexibility index (Phi) is 11.9. The second-order valence-electron chi connectivity index (χ2n) is 8.65. The first kappa shape index (κ1) is 29.2. The number of carbonyl (C=O) groups is 2. The normalized spacial score (nSPS) is 10.4. The molecule has 2 aromatic carbocycles. The fraction of sp³-hybridized carbons (Fsp3) is 0.290. The van der Waals surface area contributed by atoms with Gasteiger partial charge in [0.25, 0.3) is 0 Å². The summed E-state index contributed by atoms with van der Waals surface area (Å²) >= 11 is 0. The average molecular weight is 505 g/mol. The van der Waals surface area contributed by atoms with Gasteiger partial charge in [-0.2, -0.15) is 0 Å². The second-order valence-corrected chi connectivity index (χ2v) is 8.65. The molecule has 2 aromatic rings. The predicted octanol–water partition coefficient (Wildman–Crippen LogP) is 5.62. The third-order valence-electron chi connectivity index (χ3n) is 5.79. The molecular weight excluding hydrogens is 468 g/mol. The van der Waals surface area contributed by atoms with Crippen molar-refractivity contribution >= 4 is 11.9 Å². The Hall–Kier alpha value is -4.06. The highest BCUT2D eigenvalue weighted by molar-refractivity contribution is 5.71. The summed E-state index contributed by atoms with van der Waals surface area (Å²) in [6.07, 6.45) is 9.94. The minimum atomic E-state index is -0.488. The summed E-state index contributed by atoms with van der Waals surface area (Å²) in [4.78, 5) is 24.3. The molecule has 0 fully saturated rings. The first-order valence-corrected chi connectivity index (χ1v) is 12.2. The van der Waals surface area contributed by atoms with Gasteiger partial charge in [-0.15, -0.1) is 26.3 Å². The molecule has 2 N–H and O–H groups in total. The molecule has 0 aliphatic heterocycles. The summed E-state index contributed by atoms with van der Waals surface area (Å²) < 4.78 is 10.1. The molecule has 0 radical (unpaired) electrons. The van der Waals surface area contributed by atoms with Gasteiger partial charge in [-0.05, 0) is 71.9 Å². The quantitative estimate of drug-likeness (QED) is 0.175. The molecule has 6 nitrogen and oxygen atoms in total. The van der Waals surface area contributed by atoms with E-state index in [1.165, 1.54) is 0 Å². The maximum atomic E-state index is 12.2. The van der Waals surface area contributed by atoms with Crippen LogP contribution >= 0.6 is 0 Å². The lowest BCUT2D eigenvalue weighted by atomic mass is 9.97. The van der Waals surface area contributed by atoms with Crippen LogP contribution in [0.15, 0.2) is 74.9 Å². The Labute approximate surface area is 219 Å². The number of carbonyl (C=O) groups excluding carboxylic acids is 2. The van der Waals surface area contributed by atoms with Crippen molar-refractivity contribution in [3.05, 3.63) is 108 Å². The van der Waals surface area contributed by atoms with Crippen LogP contribution in [0.4, 0.5) is 0 Å². The van der Waals surface area contributed by atoms with Crippen molar-refractivity contribution in [3.63, 3.8) is 0 Å². The summed E-state index contributed by atoms with van der Waals surface area (Å²) in [6, 6.07) is 7.39. The van der Waals surface area contributed by atoms with E-state index in [4.69, 9.17) is 9.47 Å². The Morgan fingerprint density at radius 3 is 1.19 bits per heavy atom. The number of hydrogen-bond donors (Lipinski definition) is 2. The van der Waals surface area contributed by atoms with Gasteiger partial charge in [0.2, 0.25) is 6.79 Å². The van der Waals surface area contributed by atoms with Gasteiger partial charge in [-0.3, -0.25) is 9.59 Å². The van der Waals surface area contributed by atoms with Crippen molar-refractivity contribution in [2.75, 3.05) is 6.79 Å². The lowest BCUT2D eigenvalue weighted by Crippen LogP contribution is -2.14. The molecule has 0 bridgehead atoms. The van der Waals surface area contributed by atoms with E-state index in [2.05, 4.69) is 26.3 Å². The average Bonchev–Trinajstić information content (AvgIpc) is 2.87. The molecule has 0 saturated carbocycles. The Morgan fingerprint density at radius 1 is 0.622 bits per heavy atom. The molecule has 196 valence electrons. The Morgan fingerprint density at radius 2 is 0.919 bits per heavy atom. The number of ether oxygens (including phenoxy) is 2. The highest BCUT2D eigenvalue weighted by Gasteiger charge is 2.13. The van der Waals surface area contributed by atoms with Crippen LogP contribution in [0.2, 0.25) is 0 Å². The van der Waals surface area contributed by atoms with Crippen LogP contribution in [0.3, 0.4) is 0 Å². The summed E-state index contributed by atoms with van der Waals surface area (Å²) in [5.41, 5.74) is 4.76. The molecule has 0 unspecified atom stereocenters. The van der Waals surface area contributed by atoms with E-state index in [0.29, 0.717) is 38.5 Å². The number of rotatable bonds is 16. The maximum Gasteiger partial charge on any atom is 0.308 e. The van der Waals surface area contributed by atoms with Crippen LogP contribution in [0.25, 0.3) is 0 Å². The molecule has 0 atom stereocenters. The molecule has 6 heteroatoms. The second kappa shape index (κ2) is 15.1. The number of aromatic hydroxyl groups is 2. The molecule has 0 saturated heterocycles. The van der Waals surface area contributed by atoms with Crippen LogP contribution in [0.1, 0.15) is 46.2 Å². The zero-order chi connectivity index (χ0) is 27.2. The minimum Gasteiger partial charge on any atom is -0.507 e. The summed E-state index contributed by atoms with van der Waals surface area (Å²) in [6.45, 7) is 14.4. The number of esters is 2. The van der Waals surface area contributed by atoms with Crippen LogP contribution < -0.4 is 0 Å². The topological polar surface area (TPSA) is 93.1 Å². The van der Waals surface area contributed by atoms with E-state index >= 15 is 0 Å². The van der Waals surface area contributed by atoms with Gasteiger partial charge in [0.15, 0.2) is 0 Å². The van der Waals surface area contributed by atoms with Gasteiger partial charge in [0.05, 0.1) is 0 Å². The maximum absolute atomic E-state index is 12.2. The number of allylic oxidation sites excluding steroid dienone is 4. The third-order valence-corrected chi connectivity index (χ3v) is 5.79. The van der Waals surface area contributed by atoms with Crippen LogP contribution in [-0.2, 0) is 57.6 Å². The third kappa shape index (κ3) is 9.15. The molecule has 2 rings (SSSR count). The van der Waals surface area contributed by atoms with Crippen molar-refractivity contribution < 1.29 is 29.3 Å². The summed E-state index contributed by atoms with van der Waals surface area (Å²) in [7, 11) is 0. The predicted molar refractivity (Wildman–Crippen MR) is 146 cm³/mol. The van der Waals surface area contributed by atoms with Gasteiger partial charge >= 0.3 is 11.9 Å². The molecule has 0 spiro atoms. The largest absolute Gasteiger partial charge is 0.507 e. The first-order chi connectivity index (χ1) is 17.8. The highest BCUT2D eigenvalue weighted by atomic mass is 16.7. The lowest BCUT2D eigenvalue weighted by molar-refractivity contribution is -0.167. The molecule has 0 aromatic heterocycles. The van der Waals surface area contributed by atoms with Gasteiger partial charge < -0.3 is 19.7 Å². The van der Waals surface area contributed by atoms with E-state index in [0.717, 1.165) is 33.4 Å². The Bertz CT molecular complexity index is 993. The number of aryl methyl sites for hydroxylation is 2. The summed E-state index contributed by atoms with van der Waals surface area (Å²) in [5, 5.41) is 20.7. The number of phenolic OH excluding ortho intramolecular Hbond substituents is 2. The van der Waals surface area contributed by atoms with E-state index in [9.17, 15) is 19.8 Å². The first-order valence-electron chi connectivity index (χ1n) is 12.2. The zero-order valence-electron chi connectivity index (χ0n) is 21.3. The number of benzene rings is 2. The van der Waals surface area contributed by atoms with Crippen molar-refractivity contribution in [1.29, 1.82) is 0 Å². The number of phenols is 2. The van der Waals surface area contributed by atoms with Crippen molar-refractivity contribution in [2.45, 2.75) is 51.4 Å². The fourth-order valence-corrected chi connectivity index (χ4v) is 4.00. The smallest absolute Gasteiger partial charge is 0.308 e. The molecule has 0 heterocycles. The minimum absolute atomic E-state index is 0.106. The van der Waals surface area contributed by atoms with Crippen molar-refractivity contribution in [3.8, 4) is 11.5 Å². The van der Waals surface area contributed by atoms with Gasteiger partial charge in [-0.1, -0.05) is 48.6 Å². The highest BCUT2D eigenvalue weighted by Crippen LogP contribution is 2.28. The molecular formula is C31H36O6. The summed E-state index contributed by atoms with van der Waals surface area (Å²) in [5.74, 6) is -0.533. The van der Waals surface area contributed by atoms with Crippen LogP contribution in [0, 0.1) is 0 Å². The zero-order valence-corrected chi connectivity index (χ0v) is 21.3. The van der Waals surface area contributed by atoms with E-state index < -0.39 is 18.7 Å². The van der Waals surface area contributed by atoms with E-state index in [1.54, 1.807) is 24.3 Å². The standard InChI is InChI=1S/C31H36O6/c1-5-9-24-17-22(18-25(10-6-2)30(24)34)13-15-28(32)36-21-37-29(33)16-14-23-19-26(11-7-3)31(35)27(20-23)12-8-4/h5-8,17-20,34-35H,1-4,9-16,21H2.